The fourth-order valence-electron chi connectivity index (χ4n) is 1.13. The van der Waals surface area contributed by atoms with E-state index in [2.05, 4.69) is 24.2 Å². The highest BCUT2D eigenvalue weighted by molar-refractivity contribution is 7.09. The highest BCUT2D eigenvalue weighted by Crippen LogP contribution is 2.21. The standard InChI is InChI=1S/C10H14ClNS/c1-4-10-12-9(6-13-10)7(2)5-8(3)11/h5-7H,4H2,1-3H3/b8-5+. The number of allylic oxidation sites excluding steroid dienone is 2. The normalized spacial score (nSPS) is 14.6. The average Bonchev–Trinajstić information content (AvgIpc) is 2.50. The molecule has 0 saturated carbocycles. The molecule has 0 fully saturated rings. The van der Waals surface area contributed by atoms with Crippen molar-refractivity contribution in [3.63, 3.8) is 0 Å². The topological polar surface area (TPSA) is 12.9 Å². The van der Waals surface area contributed by atoms with Crippen molar-refractivity contribution in [3.8, 4) is 0 Å². The maximum Gasteiger partial charge on any atom is 0.0925 e. The first kappa shape index (κ1) is 10.7. The first-order chi connectivity index (χ1) is 6.13. The molecule has 0 aliphatic heterocycles. The molecule has 1 atom stereocenters. The third-order valence-electron chi connectivity index (χ3n) is 1.82. The van der Waals surface area contributed by atoms with Gasteiger partial charge in [-0.1, -0.05) is 31.5 Å². The molecule has 0 aliphatic rings. The summed E-state index contributed by atoms with van der Waals surface area (Å²) in [4.78, 5) is 4.50. The highest BCUT2D eigenvalue weighted by Gasteiger charge is 2.06. The van der Waals surface area contributed by atoms with E-state index in [0.29, 0.717) is 5.92 Å². The monoisotopic (exact) mass is 215 g/mol. The van der Waals surface area contributed by atoms with Crippen molar-refractivity contribution in [2.75, 3.05) is 0 Å². The van der Waals surface area contributed by atoms with E-state index in [9.17, 15) is 0 Å². The van der Waals surface area contributed by atoms with E-state index in [1.54, 1.807) is 11.3 Å². The summed E-state index contributed by atoms with van der Waals surface area (Å²) in [6.45, 7) is 6.13. The van der Waals surface area contributed by atoms with Crippen LogP contribution in [-0.4, -0.2) is 4.98 Å². The first-order valence-corrected chi connectivity index (χ1v) is 5.67. The molecule has 0 radical (unpaired) electrons. The van der Waals surface area contributed by atoms with Crippen molar-refractivity contribution in [1.29, 1.82) is 0 Å². The molecule has 0 spiro atoms. The Kier molecular flexibility index (Phi) is 3.94. The lowest BCUT2D eigenvalue weighted by Gasteiger charge is -2.01. The molecule has 13 heavy (non-hydrogen) atoms. The molecule has 0 bridgehead atoms. The molecule has 72 valence electrons. The Morgan fingerprint density at radius 3 is 2.92 bits per heavy atom. The Morgan fingerprint density at radius 2 is 2.46 bits per heavy atom. The zero-order chi connectivity index (χ0) is 9.84. The predicted octanol–water partition coefficient (Wildman–Crippen LogP) is 3.95. The van der Waals surface area contributed by atoms with Crippen LogP contribution in [0, 0.1) is 0 Å². The SMILES string of the molecule is CCc1nc(C(C)/C=C(\C)Cl)cs1. The van der Waals surface area contributed by atoms with Gasteiger partial charge < -0.3 is 0 Å². The van der Waals surface area contributed by atoms with Crippen molar-refractivity contribution >= 4 is 22.9 Å². The van der Waals surface area contributed by atoms with Crippen molar-refractivity contribution in [2.45, 2.75) is 33.1 Å². The average molecular weight is 216 g/mol. The minimum Gasteiger partial charge on any atom is -0.246 e. The van der Waals surface area contributed by atoms with Crippen LogP contribution >= 0.6 is 22.9 Å². The molecular weight excluding hydrogens is 202 g/mol. The predicted molar refractivity (Wildman–Crippen MR) is 59.5 cm³/mol. The van der Waals surface area contributed by atoms with Crippen LogP contribution in [0.2, 0.25) is 0 Å². The smallest absolute Gasteiger partial charge is 0.0925 e. The van der Waals surface area contributed by atoms with Crippen LogP contribution in [-0.2, 0) is 6.42 Å². The molecule has 3 heteroatoms. The number of thiazole rings is 1. The number of rotatable bonds is 3. The minimum atomic E-state index is 0.328. The van der Waals surface area contributed by atoms with E-state index in [1.807, 2.05) is 13.0 Å². The van der Waals surface area contributed by atoms with Crippen LogP contribution in [0.15, 0.2) is 16.5 Å². The number of nitrogens with zero attached hydrogens (tertiary/aromatic N) is 1. The Morgan fingerprint density at radius 1 is 1.77 bits per heavy atom. The molecular formula is C10H14ClNS. The largest absolute Gasteiger partial charge is 0.246 e. The van der Waals surface area contributed by atoms with Crippen LogP contribution in [0.25, 0.3) is 0 Å². The first-order valence-electron chi connectivity index (χ1n) is 4.41. The summed E-state index contributed by atoms with van der Waals surface area (Å²) in [6, 6.07) is 0. The number of halogens is 1. The molecule has 1 nitrogen and oxygen atoms in total. The lowest BCUT2D eigenvalue weighted by Crippen LogP contribution is -1.90. The van der Waals surface area contributed by atoms with Crippen molar-refractivity contribution < 1.29 is 0 Å². The maximum absolute atomic E-state index is 5.80. The molecule has 0 aliphatic carbocycles. The van der Waals surface area contributed by atoms with Gasteiger partial charge in [-0.3, -0.25) is 0 Å². The summed E-state index contributed by atoms with van der Waals surface area (Å²) in [5.41, 5.74) is 1.13. The van der Waals surface area contributed by atoms with E-state index < -0.39 is 0 Å². The second-order valence-electron chi connectivity index (χ2n) is 3.06. The lowest BCUT2D eigenvalue weighted by molar-refractivity contribution is 0.899. The van der Waals surface area contributed by atoms with Crippen molar-refractivity contribution in [1.82, 2.24) is 4.98 Å². The van der Waals surface area contributed by atoms with Crippen LogP contribution in [0.3, 0.4) is 0 Å². The van der Waals surface area contributed by atoms with E-state index in [1.165, 1.54) is 5.01 Å². The summed E-state index contributed by atoms with van der Waals surface area (Å²) in [5, 5.41) is 4.14. The fraction of sp³-hybridized carbons (Fsp3) is 0.500. The zero-order valence-corrected chi connectivity index (χ0v) is 9.75. The van der Waals surface area contributed by atoms with Crippen molar-refractivity contribution in [3.05, 3.63) is 27.2 Å². The Hall–Kier alpha value is -0.340. The second-order valence-corrected chi connectivity index (χ2v) is 4.60. The summed E-state index contributed by atoms with van der Waals surface area (Å²) in [5.74, 6) is 0.328. The van der Waals surface area contributed by atoms with Gasteiger partial charge in [0.25, 0.3) is 0 Å². The van der Waals surface area contributed by atoms with Gasteiger partial charge in [0, 0.05) is 16.3 Å². The van der Waals surface area contributed by atoms with E-state index in [0.717, 1.165) is 17.1 Å². The highest BCUT2D eigenvalue weighted by atomic mass is 35.5. The molecule has 0 aromatic carbocycles. The second kappa shape index (κ2) is 4.77. The van der Waals surface area contributed by atoms with Gasteiger partial charge in [-0.2, -0.15) is 0 Å². The van der Waals surface area contributed by atoms with Gasteiger partial charge in [0.1, 0.15) is 0 Å². The van der Waals surface area contributed by atoms with Crippen LogP contribution in [0.5, 0.6) is 0 Å². The lowest BCUT2D eigenvalue weighted by atomic mass is 10.1. The quantitative estimate of drug-likeness (QED) is 0.744. The third kappa shape index (κ3) is 3.12. The van der Waals surface area contributed by atoms with Crippen LogP contribution < -0.4 is 0 Å². The van der Waals surface area contributed by atoms with Crippen LogP contribution in [0.1, 0.15) is 37.4 Å². The molecule has 1 aromatic heterocycles. The Labute approximate surface area is 88.5 Å². The molecule has 1 unspecified atom stereocenters. The van der Waals surface area contributed by atoms with Gasteiger partial charge in [-0.25, -0.2) is 4.98 Å². The Bertz CT molecular complexity index is 300. The zero-order valence-electron chi connectivity index (χ0n) is 8.17. The molecule has 1 rings (SSSR count). The van der Waals surface area contributed by atoms with E-state index in [-0.39, 0.29) is 0 Å². The summed E-state index contributed by atoms with van der Waals surface area (Å²) in [6.07, 6.45) is 3.04. The number of aromatic nitrogens is 1. The number of hydrogen-bond donors (Lipinski definition) is 0. The maximum atomic E-state index is 5.80. The molecule has 0 amide bonds. The van der Waals surface area contributed by atoms with Crippen molar-refractivity contribution in [2.24, 2.45) is 0 Å². The van der Waals surface area contributed by atoms with Crippen LogP contribution in [0.4, 0.5) is 0 Å². The summed E-state index contributed by atoms with van der Waals surface area (Å²) >= 11 is 7.52. The Balaban J connectivity index is 2.77. The summed E-state index contributed by atoms with van der Waals surface area (Å²) < 4.78 is 0. The molecule has 1 aromatic rings. The fourth-order valence-corrected chi connectivity index (χ4v) is 2.16. The summed E-state index contributed by atoms with van der Waals surface area (Å²) in [7, 11) is 0. The molecule has 0 N–H and O–H groups in total. The van der Waals surface area contributed by atoms with E-state index in [4.69, 9.17) is 11.6 Å². The van der Waals surface area contributed by atoms with Gasteiger partial charge in [0.2, 0.25) is 0 Å². The van der Waals surface area contributed by atoms with Gasteiger partial charge in [-0.05, 0) is 13.3 Å². The third-order valence-corrected chi connectivity index (χ3v) is 2.96. The molecule has 0 saturated heterocycles. The minimum absolute atomic E-state index is 0.328. The van der Waals surface area contributed by atoms with Gasteiger partial charge in [-0.15, -0.1) is 11.3 Å². The van der Waals surface area contributed by atoms with Gasteiger partial charge in [0.05, 0.1) is 10.7 Å². The van der Waals surface area contributed by atoms with E-state index >= 15 is 0 Å². The number of hydrogen-bond acceptors (Lipinski definition) is 2. The van der Waals surface area contributed by atoms with Gasteiger partial charge in [0.15, 0.2) is 0 Å². The number of aryl methyl sites for hydroxylation is 1. The van der Waals surface area contributed by atoms with Gasteiger partial charge >= 0.3 is 0 Å². The molecule has 1 heterocycles.